The predicted octanol–water partition coefficient (Wildman–Crippen LogP) is 4.93. The van der Waals surface area contributed by atoms with Crippen molar-refractivity contribution in [1.29, 1.82) is 0 Å². The van der Waals surface area contributed by atoms with E-state index < -0.39 is 28.9 Å². The molecule has 0 spiro atoms. The number of benzene rings is 2. The Kier molecular flexibility index (Phi) is 8.91. The highest BCUT2D eigenvalue weighted by molar-refractivity contribution is 6.16. The van der Waals surface area contributed by atoms with Crippen molar-refractivity contribution >= 4 is 35.2 Å². The molecule has 2 aliphatic rings. The quantitative estimate of drug-likeness (QED) is 0.120. The largest absolute Gasteiger partial charge is 0.453 e. The number of amides is 2. The molecule has 0 unspecified atom stereocenters. The molecule has 1 aliphatic carbocycles. The van der Waals surface area contributed by atoms with Crippen LogP contribution in [0.25, 0.3) is 0 Å². The number of likely N-dealkylation sites (tertiary alicyclic amines) is 1. The first-order valence-electron chi connectivity index (χ1n) is 13.8. The Hall–Kier alpha value is -4.58. The number of nitrogen functional groups attached to an aromatic ring is 1. The lowest BCUT2D eigenvalue weighted by molar-refractivity contribution is -0.131. The molecule has 12 heteroatoms. The zero-order chi connectivity index (χ0) is 29.5. The Morgan fingerprint density at radius 1 is 1.00 bits per heavy atom. The summed E-state index contributed by atoms with van der Waals surface area (Å²) in [6, 6.07) is 10.7. The standard InChI is InChI=1S/C30H32F2N6O4/c31-20-4-6-21(7-5-20)36-28(39)30(11-12-30)29(40)37-22-8-9-26(24(32)18-22)42-25-10-13-34-27(33)23(25)19-35-41-17-3-16-38-14-1-2-15-38/h4-10,13,18-19H,1-3,11-12,14-17H2,(H2,33,34)(H,36,39)(H,37,40)/b35-19+. The fourth-order valence-corrected chi connectivity index (χ4v) is 4.69. The molecule has 1 saturated heterocycles. The summed E-state index contributed by atoms with van der Waals surface area (Å²) in [5, 5.41) is 9.22. The number of hydrogen-bond acceptors (Lipinski definition) is 8. The molecule has 0 bridgehead atoms. The van der Waals surface area contributed by atoms with Crippen LogP contribution < -0.4 is 21.1 Å². The normalized spacial score (nSPS) is 15.9. The van der Waals surface area contributed by atoms with E-state index in [1.54, 1.807) is 0 Å². The average Bonchev–Trinajstić information content (AvgIpc) is 3.63. The number of rotatable bonds is 12. The summed E-state index contributed by atoms with van der Waals surface area (Å²) >= 11 is 0. The highest BCUT2D eigenvalue weighted by atomic mass is 19.1. The number of nitrogens with zero attached hydrogens (tertiary/aromatic N) is 3. The van der Waals surface area contributed by atoms with Crippen molar-refractivity contribution in [2.75, 3.05) is 42.6 Å². The van der Waals surface area contributed by atoms with Crippen molar-refractivity contribution < 1.29 is 27.9 Å². The number of nitrogens with one attached hydrogen (secondary N) is 2. The second-order valence-corrected chi connectivity index (χ2v) is 10.3. The van der Waals surface area contributed by atoms with Crippen molar-refractivity contribution in [3.8, 4) is 11.5 Å². The third kappa shape index (κ3) is 7.00. The lowest BCUT2D eigenvalue weighted by atomic mass is 10.0. The first kappa shape index (κ1) is 28.9. The zero-order valence-corrected chi connectivity index (χ0v) is 22.9. The summed E-state index contributed by atoms with van der Waals surface area (Å²) in [4.78, 5) is 37.5. The monoisotopic (exact) mass is 578 g/mol. The Morgan fingerprint density at radius 2 is 1.69 bits per heavy atom. The van der Waals surface area contributed by atoms with Crippen LogP contribution in [0.1, 0.15) is 37.7 Å². The van der Waals surface area contributed by atoms with Gasteiger partial charge in [-0.3, -0.25) is 9.59 Å². The molecule has 2 aromatic carbocycles. The topological polar surface area (TPSA) is 131 Å². The van der Waals surface area contributed by atoms with Crippen LogP contribution in [-0.2, 0) is 14.4 Å². The number of nitrogens with two attached hydrogens (primary N) is 1. The molecule has 42 heavy (non-hydrogen) atoms. The van der Waals surface area contributed by atoms with E-state index in [1.807, 2.05) is 0 Å². The van der Waals surface area contributed by atoms with E-state index in [0.29, 0.717) is 30.7 Å². The van der Waals surface area contributed by atoms with Gasteiger partial charge in [0.2, 0.25) is 11.8 Å². The molecule has 2 fully saturated rings. The molecule has 4 N–H and O–H groups in total. The van der Waals surface area contributed by atoms with Crippen molar-refractivity contribution in [2.45, 2.75) is 32.1 Å². The van der Waals surface area contributed by atoms with Gasteiger partial charge in [0.05, 0.1) is 11.8 Å². The Morgan fingerprint density at radius 3 is 2.38 bits per heavy atom. The van der Waals surface area contributed by atoms with Crippen LogP contribution in [0.2, 0.25) is 0 Å². The highest BCUT2D eigenvalue weighted by Crippen LogP contribution is 2.47. The van der Waals surface area contributed by atoms with E-state index in [2.05, 4.69) is 25.7 Å². The van der Waals surface area contributed by atoms with Gasteiger partial charge in [0.25, 0.3) is 0 Å². The number of ether oxygens (including phenoxy) is 1. The SMILES string of the molecule is Nc1nccc(Oc2ccc(NC(=O)C3(C(=O)Nc4ccc(F)cc4)CC3)cc2F)c1/C=N/OCCCN1CCCC1. The van der Waals surface area contributed by atoms with Crippen LogP contribution in [-0.4, -0.2) is 54.2 Å². The van der Waals surface area contributed by atoms with Gasteiger partial charge in [-0.05, 0) is 87.7 Å². The summed E-state index contributed by atoms with van der Waals surface area (Å²) in [7, 11) is 0. The molecule has 5 rings (SSSR count). The highest BCUT2D eigenvalue weighted by Gasteiger charge is 2.56. The van der Waals surface area contributed by atoms with Gasteiger partial charge in [-0.15, -0.1) is 0 Å². The minimum Gasteiger partial charge on any atom is -0.453 e. The van der Waals surface area contributed by atoms with Crippen molar-refractivity contribution in [3.05, 3.63) is 71.9 Å². The van der Waals surface area contributed by atoms with E-state index in [1.165, 1.54) is 67.7 Å². The second-order valence-electron chi connectivity index (χ2n) is 10.3. The number of hydrogen-bond donors (Lipinski definition) is 3. The summed E-state index contributed by atoms with van der Waals surface area (Å²) in [6.07, 6.45) is 6.80. The number of carbonyl (C=O) groups excluding carboxylic acids is 2. The van der Waals surface area contributed by atoms with E-state index in [9.17, 15) is 14.0 Å². The van der Waals surface area contributed by atoms with Crippen molar-refractivity contribution in [1.82, 2.24) is 9.88 Å². The van der Waals surface area contributed by atoms with Crippen LogP contribution in [0.3, 0.4) is 0 Å². The maximum atomic E-state index is 15.0. The van der Waals surface area contributed by atoms with Gasteiger partial charge in [-0.1, -0.05) is 5.16 Å². The molecule has 1 aromatic heterocycles. The molecule has 1 saturated carbocycles. The smallest absolute Gasteiger partial charge is 0.240 e. The van der Waals surface area contributed by atoms with Crippen LogP contribution >= 0.6 is 0 Å². The molecule has 1 aliphatic heterocycles. The molecule has 2 amide bonds. The molecular formula is C30H32F2N6O4. The van der Waals surface area contributed by atoms with E-state index in [4.69, 9.17) is 15.3 Å². The van der Waals surface area contributed by atoms with Crippen LogP contribution in [0.4, 0.5) is 26.0 Å². The van der Waals surface area contributed by atoms with Gasteiger partial charge in [-0.25, -0.2) is 13.8 Å². The maximum absolute atomic E-state index is 15.0. The number of oxime groups is 1. The lowest BCUT2D eigenvalue weighted by Crippen LogP contribution is -2.35. The fourth-order valence-electron chi connectivity index (χ4n) is 4.69. The molecule has 2 heterocycles. The molecule has 3 aromatic rings. The number of pyridine rings is 1. The maximum Gasteiger partial charge on any atom is 0.240 e. The predicted molar refractivity (Wildman–Crippen MR) is 154 cm³/mol. The third-order valence-electron chi connectivity index (χ3n) is 7.28. The number of halogens is 2. The molecule has 0 atom stereocenters. The number of aromatic nitrogens is 1. The van der Waals surface area contributed by atoms with Crippen LogP contribution in [0.5, 0.6) is 11.5 Å². The van der Waals surface area contributed by atoms with Crippen molar-refractivity contribution in [3.63, 3.8) is 0 Å². The van der Waals surface area contributed by atoms with Gasteiger partial charge >= 0.3 is 0 Å². The van der Waals surface area contributed by atoms with E-state index >= 15 is 4.39 Å². The van der Waals surface area contributed by atoms with Gasteiger partial charge in [-0.2, -0.15) is 0 Å². The van der Waals surface area contributed by atoms with E-state index in [-0.39, 0.29) is 23.0 Å². The molecular weight excluding hydrogens is 546 g/mol. The first-order valence-corrected chi connectivity index (χ1v) is 13.8. The number of carbonyl (C=O) groups is 2. The molecule has 220 valence electrons. The lowest BCUT2D eigenvalue weighted by Gasteiger charge is -2.16. The van der Waals surface area contributed by atoms with Gasteiger partial charge in [0.15, 0.2) is 11.6 Å². The van der Waals surface area contributed by atoms with Gasteiger partial charge < -0.3 is 30.8 Å². The van der Waals surface area contributed by atoms with Gasteiger partial charge in [0.1, 0.15) is 29.4 Å². The van der Waals surface area contributed by atoms with Crippen molar-refractivity contribution in [2.24, 2.45) is 10.6 Å². The average molecular weight is 579 g/mol. The van der Waals surface area contributed by atoms with Gasteiger partial charge in [0, 0.05) is 30.2 Å². The van der Waals surface area contributed by atoms with Crippen LogP contribution in [0, 0.1) is 17.0 Å². The number of anilines is 3. The summed E-state index contributed by atoms with van der Waals surface area (Å²) in [6.45, 7) is 3.65. The first-order chi connectivity index (χ1) is 20.3. The summed E-state index contributed by atoms with van der Waals surface area (Å²) < 4.78 is 34.0. The summed E-state index contributed by atoms with van der Waals surface area (Å²) in [5.41, 5.74) is 5.59. The second kappa shape index (κ2) is 12.9. The molecule has 10 nitrogen and oxygen atoms in total. The Bertz CT molecular complexity index is 1460. The summed E-state index contributed by atoms with van der Waals surface area (Å²) in [5.74, 6) is -2.01. The molecule has 0 radical (unpaired) electrons. The zero-order valence-electron chi connectivity index (χ0n) is 22.9. The van der Waals surface area contributed by atoms with E-state index in [0.717, 1.165) is 32.1 Å². The minimum absolute atomic E-state index is 0.116. The van der Waals surface area contributed by atoms with Crippen LogP contribution in [0.15, 0.2) is 59.9 Å². The Labute approximate surface area is 241 Å². The third-order valence-corrected chi connectivity index (χ3v) is 7.28. The fraction of sp³-hybridized carbons (Fsp3) is 0.333. The minimum atomic E-state index is -1.28. The Balaban J connectivity index is 1.18.